The summed E-state index contributed by atoms with van der Waals surface area (Å²) in [6, 6.07) is 8.65. The minimum atomic E-state index is -5.13. The number of pyridine rings is 1. The van der Waals surface area contributed by atoms with Gasteiger partial charge in [-0.2, -0.15) is 39.5 Å². The van der Waals surface area contributed by atoms with Gasteiger partial charge in [0.1, 0.15) is 0 Å². The number of amides is 1. The summed E-state index contributed by atoms with van der Waals surface area (Å²) in [7, 11) is 1.28. The van der Waals surface area contributed by atoms with Gasteiger partial charge in [0.2, 0.25) is 5.88 Å². The minimum absolute atomic E-state index is 0.00809. The van der Waals surface area contributed by atoms with Crippen LogP contribution in [0.4, 0.5) is 44.3 Å². The van der Waals surface area contributed by atoms with E-state index in [0.29, 0.717) is 40.6 Å². The molecule has 2 unspecified atom stereocenters. The molecule has 2 heterocycles. The number of halogens is 9. The summed E-state index contributed by atoms with van der Waals surface area (Å²) in [5, 5.41) is 7.34. The van der Waals surface area contributed by atoms with Crippen LogP contribution in [-0.4, -0.2) is 39.4 Å². The van der Waals surface area contributed by atoms with E-state index in [1.165, 1.54) is 32.4 Å². The van der Waals surface area contributed by atoms with Gasteiger partial charge in [-0.25, -0.2) is 9.78 Å². The van der Waals surface area contributed by atoms with Gasteiger partial charge < -0.3 is 14.7 Å². The molecule has 2 atom stereocenters. The van der Waals surface area contributed by atoms with Gasteiger partial charge in [0.15, 0.2) is 0 Å². The van der Waals surface area contributed by atoms with Crippen LogP contribution in [0.2, 0.25) is 0 Å². The van der Waals surface area contributed by atoms with Crippen molar-refractivity contribution in [2.45, 2.75) is 50.2 Å². The number of aromatic carboxylic acids is 1. The fraction of sp³-hybridized carbons (Fsp3) is 0.265. The van der Waals surface area contributed by atoms with Crippen molar-refractivity contribution in [1.29, 1.82) is 0 Å². The first-order valence-corrected chi connectivity index (χ1v) is 15.4. The molecular formula is C34H25F9N2O4S. The lowest BCUT2D eigenvalue weighted by molar-refractivity contribution is -0.143. The number of hydrogen-bond donors (Lipinski definition) is 1. The fourth-order valence-corrected chi connectivity index (χ4v) is 6.93. The third-order valence-corrected chi connectivity index (χ3v) is 9.58. The lowest BCUT2D eigenvalue weighted by atomic mass is 9.93. The van der Waals surface area contributed by atoms with E-state index in [1.54, 1.807) is 19.1 Å². The van der Waals surface area contributed by atoms with Crippen LogP contribution in [0.1, 0.15) is 55.9 Å². The first-order chi connectivity index (χ1) is 23.2. The zero-order chi connectivity index (χ0) is 36.9. The molecule has 16 heteroatoms. The third kappa shape index (κ3) is 7.39. The van der Waals surface area contributed by atoms with Crippen LogP contribution in [0.25, 0.3) is 22.3 Å². The number of carboxylic acids is 1. The standard InChI is InChI=1S/C34H25F9N2O4S/c1-16-8-18(30(46)47)4-6-25(16)20-12-27(29(49-3)44-14-20)26-7-5-22(32(35,36)37)11-21(26)15-45-17(2)28(50-31(45)48)19-9-23(33(38,39)40)13-24(10-19)34(41,42)43/h4-14,17,28H,15H2,1-3H3,(H,46,47). The molecule has 0 aliphatic carbocycles. The number of ether oxygens (including phenoxy) is 1. The molecule has 0 bridgehead atoms. The number of aromatic nitrogens is 1. The minimum Gasteiger partial charge on any atom is -0.481 e. The molecule has 1 amide bonds. The Morgan fingerprint density at radius 2 is 1.44 bits per heavy atom. The zero-order valence-electron chi connectivity index (χ0n) is 26.1. The largest absolute Gasteiger partial charge is 0.481 e. The van der Waals surface area contributed by atoms with E-state index >= 15 is 0 Å². The maximum absolute atomic E-state index is 13.9. The monoisotopic (exact) mass is 728 g/mol. The van der Waals surface area contributed by atoms with Crippen molar-refractivity contribution in [1.82, 2.24) is 9.88 Å². The van der Waals surface area contributed by atoms with E-state index in [1.807, 2.05) is 0 Å². The van der Waals surface area contributed by atoms with Crippen molar-refractivity contribution < 1.29 is 58.9 Å². The Labute approximate surface area is 282 Å². The number of rotatable bonds is 7. The van der Waals surface area contributed by atoms with Crippen molar-refractivity contribution in [3.63, 3.8) is 0 Å². The van der Waals surface area contributed by atoms with Crippen molar-refractivity contribution >= 4 is 23.0 Å². The first-order valence-electron chi connectivity index (χ1n) is 14.5. The molecule has 6 nitrogen and oxygen atoms in total. The molecular weight excluding hydrogens is 703 g/mol. The van der Waals surface area contributed by atoms with E-state index < -0.39 is 69.8 Å². The molecule has 4 aromatic rings. The van der Waals surface area contributed by atoms with E-state index in [9.17, 15) is 54.2 Å². The van der Waals surface area contributed by atoms with Crippen LogP contribution < -0.4 is 4.74 Å². The van der Waals surface area contributed by atoms with Crippen LogP contribution in [0.15, 0.2) is 66.9 Å². The number of alkyl halides is 9. The highest BCUT2D eigenvalue weighted by Gasteiger charge is 2.43. The summed E-state index contributed by atoms with van der Waals surface area (Å²) in [6.07, 6.45) is -13.6. The molecule has 0 saturated carbocycles. The molecule has 1 aliphatic heterocycles. The van der Waals surface area contributed by atoms with Gasteiger partial charge in [0.05, 0.1) is 34.6 Å². The molecule has 1 saturated heterocycles. The molecule has 0 spiro atoms. The van der Waals surface area contributed by atoms with Gasteiger partial charge in [-0.05, 0) is 90.2 Å². The van der Waals surface area contributed by atoms with Gasteiger partial charge in [-0.15, -0.1) is 0 Å². The summed E-state index contributed by atoms with van der Waals surface area (Å²) in [4.78, 5) is 30.1. The molecule has 264 valence electrons. The number of carbonyl (C=O) groups excluding carboxylic acids is 1. The Morgan fingerprint density at radius 3 is 1.98 bits per heavy atom. The number of thioether (sulfide) groups is 1. The van der Waals surface area contributed by atoms with Crippen LogP contribution >= 0.6 is 11.8 Å². The number of carbonyl (C=O) groups is 2. The smallest absolute Gasteiger partial charge is 0.416 e. The van der Waals surface area contributed by atoms with E-state index in [0.717, 1.165) is 23.1 Å². The maximum atomic E-state index is 13.9. The maximum Gasteiger partial charge on any atom is 0.416 e. The van der Waals surface area contributed by atoms with Gasteiger partial charge in [-0.3, -0.25) is 4.79 Å². The number of aryl methyl sites for hydroxylation is 1. The van der Waals surface area contributed by atoms with Crippen molar-refractivity contribution in [2.75, 3.05) is 7.11 Å². The molecule has 50 heavy (non-hydrogen) atoms. The van der Waals surface area contributed by atoms with Crippen molar-refractivity contribution in [3.05, 3.63) is 106 Å². The summed E-state index contributed by atoms with van der Waals surface area (Å²) in [5.74, 6) is -1.16. The normalized spacial score (nSPS) is 17.0. The van der Waals surface area contributed by atoms with Gasteiger partial charge in [0.25, 0.3) is 5.24 Å². The summed E-state index contributed by atoms with van der Waals surface area (Å²) in [6.45, 7) is 2.54. The third-order valence-electron chi connectivity index (χ3n) is 8.22. The van der Waals surface area contributed by atoms with Crippen LogP contribution in [0, 0.1) is 6.92 Å². The lowest BCUT2D eigenvalue weighted by Gasteiger charge is -2.26. The highest BCUT2D eigenvalue weighted by molar-refractivity contribution is 8.14. The van der Waals surface area contributed by atoms with Crippen molar-refractivity contribution in [2.24, 2.45) is 0 Å². The van der Waals surface area contributed by atoms with Crippen LogP contribution in [0.5, 0.6) is 5.88 Å². The topological polar surface area (TPSA) is 79.7 Å². The lowest BCUT2D eigenvalue weighted by Crippen LogP contribution is -2.31. The Morgan fingerprint density at radius 1 is 0.840 bits per heavy atom. The number of hydrogen-bond acceptors (Lipinski definition) is 5. The number of benzene rings is 3. The Hall–Kier alpha value is -4.73. The highest BCUT2D eigenvalue weighted by Crippen LogP contribution is 2.48. The molecule has 3 aromatic carbocycles. The average molecular weight is 729 g/mol. The number of nitrogens with zero attached hydrogens (tertiary/aromatic N) is 2. The first kappa shape index (κ1) is 36.5. The second-order valence-corrected chi connectivity index (χ2v) is 12.6. The molecule has 1 aliphatic rings. The molecule has 5 rings (SSSR count). The molecule has 1 fully saturated rings. The molecule has 0 radical (unpaired) electrons. The van der Waals surface area contributed by atoms with E-state index in [4.69, 9.17) is 4.74 Å². The van der Waals surface area contributed by atoms with Gasteiger partial charge >= 0.3 is 24.5 Å². The molecule has 1 N–H and O–H groups in total. The zero-order valence-corrected chi connectivity index (χ0v) is 26.9. The quantitative estimate of drug-likeness (QED) is 0.191. The summed E-state index contributed by atoms with van der Waals surface area (Å²) >= 11 is 0.468. The Balaban J connectivity index is 1.59. The number of methoxy groups -OCH3 is 1. The molecule has 1 aromatic heterocycles. The average Bonchev–Trinajstić information content (AvgIpc) is 3.31. The second-order valence-electron chi connectivity index (χ2n) is 11.5. The van der Waals surface area contributed by atoms with E-state index in [-0.39, 0.29) is 34.2 Å². The Kier molecular flexibility index (Phi) is 9.64. The van der Waals surface area contributed by atoms with Gasteiger partial charge in [-0.1, -0.05) is 23.9 Å². The Bertz CT molecular complexity index is 1940. The summed E-state index contributed by atoms with van der Waals surface area (Å²) < 4.78 is 129. The predicted molar refractivity (Wildman–Crippen MR) is 166 cm³/mol. The fourth-order valence-electron chi connectivity index (χ4n) is 5.73. The summed E-state index contributed by atoms with van der Waals surface area (Å²) in [5.41, 5.74) is -2.74. The van der Waals surface area contributed by atoms with E-state index in [2.05, 4.69) is 4.98 Å². The number of carboxylic acid groups (broad SMARTS) is 1. The van der Waals surface area contributed by atoms with Crippen LogP contribution in [-0.2, 0) is 25.1 Å². The second kappa shape index (κ2) is 13.2. The predicted octanol–water partition coefficient (Wildman–Crippen LogP) is 10.3. The van der Waals surface area contributed by atoms with Crippen molar-refractivity contribution in [3.8, 4) is 28.1 Å². The van der Waals surface area contributed by atoms with Gasteiger partial charge in [0, 0.05) is 29.9 Å². The van der Waals surface area contributed by atoms with Crippen LogP contribution in [0.3, 0.4) is 0 Å². The SMILES string of the molecule is COc1ncc(-c2ccc(C(=O)O)cc2C)cc1-c1ccc(C(F)(F)F)cc1CN1C(=O)SC(c2cc(C(F)(F)F)cc(C(F)(F)F)c2)C1C. The highest BCUT2D eigenvalue weighted by atomic mass is 32.2.